The van der Waals surface area contributed by atoms with Crippen molar-refractivity contribution >= 4 is 29.7 Å². The summed E-state index contributed by atoms with van der Waals surface area (Å²) in [6.07, 6.45) is 0.914. The molecule has 1 N–H and O–H groups in total. The van der Waals surface area contributed by atoms with E-state index >= 15 is 0 Å². The molecule has 3 amide bonds. The molecule has 0 radical (unpaired) electrons. The first kappa shape index (κ1) is 19.2. The number of imide groups is 1. The Balaban J connectivity index is 1.80. The summed E-state index contributed by atoms with van der Waals surface area (Å²) in [4.78, 5) is 37.6. The highest BCUT2D eigenvalue weighted by Gasteiger charge is 2.49. The van der Waals surface area contributed by atoms with Crippen molar-refractivity contribution in [2.24, 2.45) is 0 Å². The van der Waals surface area contributed by atoms with E-state index in [1.165, 1.54) is 17.8 Å². The summed E-state index contributed by atoms with van der Waals surface area (Å²) in [5.74, 6) is -1.02. The van der Waals surface area contributed by atoms with E-state index in [1.54, 1.807) is 18.2 Å². The molecule has 0 spiro atoms. The normalized spacial score (nSPS) is 16.0. The molecule has 2 rings (SSSR count). The monoisotopic (exact) mass is 368 g/mol. The molecular formula is C17H21FN2O4S. The van der Waals surface area contributed by atoms with Gasteiger partial charge >= 0.3 is 12.0 Å². The third kappa shape index (κ3) is 4.31. The van der Waals surface area contributed by atoms with Crippen molar-refractivity contribution in [3.63, 3.8) is 0 Å². The smallest absolute Gasteiger partial charge is 0.326 e. The molecular weight excluding hydrogens is 347 g/mol. The first-order valence-electron chi connectivity index (χ1n) is 8.10. The molecule has 0 bridgehead atoms. The number of carbonyl (C=O) groups is 3. The van der Waals surface area contributed by atoms with Gasteiger partial charge in [0.05, 0.1) is 0 Å². The molecule has 1 aromatic rings. The summed E-state index contributed by atoms with van der Waals surface area (Å²) in [5, 5.41) is 2.65. The van der Waals surface area contributed by atoms with Crippen molar-refractivity contribution in [1.82, 2.24) is 10.2 Å². The van der Waals surface area contributed by atoms with Crippen LogP contribution in [0.15, 0.2) is 29.2 Å². The van der Waals surface area contributed by atoms with Crippen LogP contribution in [-0.2, 0) is 14.3 Å². The SMILES string of the molecule is CCC1(CC)NC(=O)N(CC(=O)OCCSc2ccccc2F)C1=O. The van der Waals surface area contributed by atoms with Gasteiger partial charge in [0.15, 0.2) is 0 Å². The van der Waals surface area contributed by atoms with Crippen molar-refractivity contribution in [2.45, 2.75) is 37.1 Å². The third-order valence-corrected chi connectivity index (χ3v) is 5.19. The van der Waals surface area contributed by atoms with E-state index in [0.717, 1.165) is 4.90 Å². The molecule has 8 heteroatoms. The van der Waals surface area contributed by atoms with Crippen LogP contribution in [0.5, 0.6) is 0 Å². The third-order valence-electron chi connectivity index (χ3n) is 4.18. The fourth-order valence-electron chi connectivity index (χ4n) is 2.59. The minimum Gasteiger partial charge on any atom is -0.463 e. The lowest BCUT2D eigenvalue weighted by molar-refractivity contribution is -0.147. The minimum absolute atomic E-state index is 0.0637. The number of thioether (sulfide) groups is 1. The van der Waals surface area contributed by atoms with Crippen LogP contribution in [0.25, 0.3) is 0 Å². The maximum Gasteiger partial charge on any atom is 0.326 e. The van der Waals surface area contributed by atoms with Gasteiger partial charge in [0, 0.05) is 10.6 Å². The average molecular weight is 368 g/mol. The van der Waals surface area contributed by atoms with Gasteiger partial charge in [-0.2, -0.15) is 0 Å². The first-order valence-corrected chi connectivity index (χ1v) is 9.09. The molecule has 1 aliphatic heterocycles. The summed E-state index contributed by atoms with van der Waals surface area (Å²) in [7, 11) is 0. The summed E-state index contributed by atoms with van der Waals surface area (Å²) >= 11 is 1.23. The van der Waals surface area contributed by atoms with Crippen LogP contribution in [0, 0.1) is 5.82 Å². The number of hydrogen-bond donors (Lipinski definition) is 1. The van der Waals surface area contributed by atoms with Crippen LogP contribution in [0.4, 0.5) is 9.18 Å². The predicted molar refractivity (Wildman–Crippen MR) is 91.6 cm³/mol. The molecule has 6 nitrogen and oxygen atoms in total. The zero-order chi connectivity index (χ0) is 18.4. The van der Waals surface area contributed by atoms with E-state index in [2.05, 4.69) is 5.32 Å². The number of benzene rings is 1. The Bertz CT molecular complexity index is 664. The van der Waals surface area contributed by atoms with Gasteiger partial charge in [0.25, 0.3) is 5.91 Å². The van der Waals surface area contributed by atoms with Crippen molar-refractivity contribution in [3.8, 4) is 0 Å². The number of rotatable bonds is 8. The van der Waals surface area contributed by atoms with E-state index < -0.39 is 30.0 Å². The number of ether oxygens (including phenoxy) is 1. The molecule has 1 fully saturated rings. The number of nitrogens with zero attached hydrogens (tertiary/aromatic N) is 1. The molecule has 1 aromatic carbocycles. The van der Waals surface area contributed by atoms with Crippen LogP contribution in [0.1, 0.15) is 26.7 Å². The Morgan fingerprint density at radius 1 is 1.28 bits per heavy atom. The molecule has 0 atom stereocenters. The van der Waals surface area contributed by atoms with Gasteiger partial charge < -0.3 is 10.1 Å². The number of esters is 1. The molecule has 0 unspecified atom stereocenters. The van der Waals surface area contributed by atoms with E-state index in [4.69, 9.17) is 4.74 Å². The Labute approximate surface area is 150 Å². The van der Waals surface area contributed by atoms with E-state index in [0.29, 0.717) is 23.5 Å². The van der Waals surface area contributed by atoms with E-state index in [-0.39, 0.29) is 12.4 Å². The van der Waals surface area contributed by atoms with Gasteiger partial charge in [-0.15, -0.1) is 11.8 Å². The lowest BCUT2D eigenvalue weighted by atomic mass is 9.93. The Morgan fingerprint density at radius 2 is 1.96 bits per heavy atom. The molecule has 1 saturated heterocycles. The van der Waals surface area contributed by atoms with E-state index in [9.17, 15) is 18.8 Å². The van der Waals surface area contributed by atoms with Gasteiger partial charge in [-0.25, -0.2) is 9.18 Å². The topological polar surface area (TPSA) is 75.7 Å². The summed E-state index contributed by atoms with van der Waals surface area (Å²) in [6, 6.07) is 5.75. The number of amides is 3. The largest absolute Gasteiger partial charge is 0.463 e. The lowest BCUT2D eigenvalue weighted by Crippen LogP contribution is -2.46. The fourth-order valence-corrected chi connectivity index (χ4v) is 3.36. The zero-order valence-electron chi connectivity index (χ0n) is 14.2. The van der Waals surface area contributed by atoms with Gasteiger partial charge in [-0.05, 0) is 25.0 Å². The van der Waals surface area contributed by atoms with Gasteiger partial charge in [0.2, 0.25) is 0 Å². The maximum absolute atomic E-state index is 13.5. The Kier molecular flexibility index (Phi) is 6.41. The van der Waals surface area contributed by atoms with Crippen LogP contribution < -0.4 is 5.32 Å². The van der Waals surface area contributed by atoms with Crippen molar-refractivity contribution < 1.29 is 23.5 Å². The average Bonchev–Trinajstić information content (AvgIpc) is 2.85. The molecule has 0 aliphatic carbocycles. The summed E-state index contributed by atoms with van der Waals surface area (Å²) in [6.45, 7) is 3.26. The van der Waals surface area contributed by atoms with Crippen molar-refractivity contribution in [1.29, 1.82) is 0 Å². The zero-order valence-corrected chi connectivity index (χ0v) is 15.0. The number of urea groups is 1. The van der Waals surface area contributed by atoms with Gasteiger partial charge in [0.1, 0.15) is 24.5 Å². The second-order valence-electron chi connectivity index (χ2n) is 5.61. The quantitative estimate of drug-likeness (QED) is 0.330. The standard InChI is InChI=1S/C17H21FN2O4S/c1-3-17(4-2)15(22)20(16(23)19-17)11-14(21)24-9-10-25-13-8-6-5-7-12(13)18/h5-8H,3-4,9-11H2,1-2H3,(H,19,23). The molecule has 0 aromatic heterocycles. The second kappa shape index (κ2) is 8.33. The van der Waals surface area contributed by atoms with Crippen LogP contribution >= 0.6 is 11.8 Å². The summed E-state index contributed by atoms with van der Waals surface area (Å²) in [5.41, 5.74) is -0.932. The molecule has 0 saturated carbocycles. The van der Waals surface area contributed by atoms with Crippen LogP contribution in [0.3, 0.4) is 0 Å². The first-order chi connectivity index (χ1) is 11.9. The maximum atomic E-state index is 13.5. The molecule has 1 heterocycles. The number of carbonyl (C=O) groups excluding carboxylic acids is 3. The summed E-state index contributed by atoms with van der Waals surface area (Å²) < 4.78 is 18.5. The van der Waals surface area contributed by atoms with Gasteiger partial charge in [-0.3, -0.25) is 14.5 Å². The second-order valence-corrected chi connectivity index (χ2v) is 6.75. The van der Waals surface area contributed by atoms with Crippen molar-refractivity contribution in [3.05, 3.63) is 30.1 Å². The predicted octanol–water partition coefficient (Wildman–Crippen LogP) is 2.57. The number of halogens is 1. The Morgan fingerprint density at radius 3 is 2.56 bits per heavy atom. The molecule has 1 aliphatic rings. The molecule has 25 heavy (non-hydrogen) atoms. The van der Waals surface area contributed by atoms with Crippen LogP contribution in [-0.4, -0.2) is 47.3 Å². The minimum atomic E-state index is -0.932. The number of hydrogen-bond acceptors (Lipinski definition) is 5. The van der Waals surface area contributed by atoms with Gasteiger partial charge in [-0.1, -0.05) is 26.0 Å². The van der Waals surface area contributed by atoms with Crippen LogP contribution in [0.2, 0.25) is 0 Å². The highest BCUT2D eigenvalue weighted by molar-refractivity contribution is 7.99. The Hall–Kier alpha value is -2.09. The number of nitrogens with one attached hydrogen (secondary N) is 1. The van der Waals surface area contributed by atoms with Crippen molar-refractivity contribution in [2.75, 3.05) is 18.9 Å². The lowest BCUT2D eigenvalue weighted by Gasteiger charge is -2.22. The highest BCUT2D eigenvalue weighted by Crippen LogP contribution is 2.25. The molecule has 136 valence electrons. The fraction of sp³-hybridized carbons (Fsp3) is 0.471. The van der Waals surface area contributed by atoms with E-state index in [1.807, 2.05) is 13.8 Å². The highest BCUT2D eigenvalue weighted by atomic mass is 32.2.